The molecule has 1 aromatic rings. The second kappa shape index (κ2) is 16.4. The van der Waals surface area contributed by atoms with Crippen LogP contribution in [0.2, 0.25) is 0 Å². The van der Waals surface area contributed by atoms with E-state index in [0.717, 1.165) is 17.7 Å². The molecule has 1 aliphatic rings. The molecule has 0 saturated carbocycles. The summed E-state index contributed by atoms with van der Waals surface area (Å²) in [7, 11) is 0. The molecule has 5 nitrogen and oxygen atoms in total. The Morgan fingerprint density at radius 3 is 1.48 bits per heavy atom. The Labute approximate surface area is 200 Å². The van der Waals surface area contributed by atoms with Crippen LogP contribution in [0.15, 0.2) is 24.3 Å². The molecule has 0 aliphatic carbocycles. The highest BCUT2D eigenvalue weighted by molar-refractivity contribution is 6.22. The number of hydrogen-bond acceptors (Lipinski definition) is 3. The maximum atomic E-state index is 12.3. The molecule has 0 spiro atoms. The first-order valence-corrected chi connectivity index (χ1v) is 13.4. The summed E-state index contributed by atoms with van der Waals surface area (Å²) in [5, 5.41) is 2.84. The number of fused-ring (bicyclic) bond motifs is 1. The second-order valence-electron chi connectivity index (χ2n) is 9.40. The summed E-state index contributed by atoms with van der Waals surface area (Å²) in [6.07, 6.45) is 21.1. The third kappa shape index (κ3) is 10.1. The lowest BCUT2D eigenvalue weighted by Crippen LogP contribution is -2.40. The van der Waals surface area contributed by atoms with Gasteiger partial charge < -0.3 is 5.32 Å². The normalized spacial score (nSPS) is 12.9. The lowest BCUT2D eigenvalue weighted by atomic mass is 10.0. The van der Waals surface area contributed by atoms with Crippen LogP contribution in [-0.4, -0.2) is 35.7 Å². The van der Waals surface area contributed by atoms with Gasteiger partial charge in [-0.15, -0.1) is 0 Å². The average Bonchev–Trinajstić information content (AvgIpc) is 3.06. The van der Waals surface area contributed by atoms with E-state index >= 15 is 0 Å². The standard InChI is InChI=1S/C28H44N2O3/c1-2-3-4-5-6-7-8-9-10-11-12-13-14-15-16-19-22-29-26(31)23-30-27(32)24-20-17-18-21-25(24)28(30)33/h17-18,20-21H,2-16,19,22-23H2,1H3,(H,29,31). The predicted octanol–water partition coefficient (Wildman–Crippen LogP) is 6.66. The highest BCUT2D eigenvalue weighted by Crippen LogP contribution is 2.22. The van der Waals surface area contributed by atoms with Crippen LogP contribution in [0.5, 0.6) is 0 Å². The van der Waals surface area contributed by atoms with Gasteiger partial charge in [0, 0.05) is 6.54 Å². The molecule has 184 valence electrons. The number of unbranched alkanes of at least 4 members (excludes halogenated alkanes) is 15. The quantitative estimate of drug-likeness (QED) is 0.187. The van der Waals surface area contributed by atoms with E-state index in [1.807, 2.05) is 0 Å². The van der Waals surface area contributed by atoms with Crippen molar-refractivity contribution >= 4 is 17.7 Å². The number of nitrogens with one attached hydrogen (secondary N) is 1. The molecular weight excluding hydrogens is 412 g/mol. The zero-order valence-electron chi connectivity index (χ0n) is 20.7. The molecule has 0 fully saturated rings. The van der Waals surface area contributed by atoms with Crippen molar-refractivity contribution in [3.05, 3.63) is 35.4 Å². The SMILES string of the molecule is CCCCCCCCCCCCCCCCCCNC(=O)CN1C(=O)c2ccccc2C1=O. The van der Waals surface area contributed by atoms with Gasteiger partial charge in [-0.1, -0.05) is 115 Å². The molecule has 0 saturated heterocycles. The van der Waals surface area contributed by atoms with E-state index in [4.69, 9.17) is 0 Å². The van der Waals surface area contributed by atoms with Gasteiger partial charge in [0.05, 0.1) is 11.1 Å². The molecule has 0 radical (unpaired) electrons. The van der Waals surface area contributed by atoms with Crippen LogP contribution in [0, 0.1) is 0 Å². The number of carbonyl (C=O) groups is 3. The van der Waals surface area contributed by atoms with Crippen molar-refractivity contribution in [2.24, 2.45) is 0 Å². The molecule has 1 N–H and O–H groups in total. The highest BCUT2D eigenvalue weighted by Gasteiger charge is 2.36. The molecule has 0 unspecified atom stereocenters. The number of carbonyl (C=O) groups excluding carboxylic acids is 3. The Balaban J connectivity index is 1.37. The molecule has 0 bridgehead atoms. The zero-order chi connectivity index (χ0) is 23.7. The van der Waals surface area contributed by atoms with Gasteiger partial charge in [-0.2, -0.15) is 0 Å². The Bertz CT molecular complexity index is 697. The van der Waals surface area contributed by atoms with Gasteiger partial charge in [-0.3, -0.25) is 19.3 Å². The summed E-state index contributed by atoms with van der Waals surface area (Å²) in [6, 6.07) is 6.71. The van der Waals surface area contributed by atoms with Crippen LogP contribution in [0.25, 0.3) is 0 Å². The third-order valence-electron chi connectivity index (χ3n) is 6.53. The molecule has 1 aliphatic heterocycles. The van der Waals surface area contributed by atoms with Gasteiger partial charge in [-0.05, 0) is 18.6 Å². The monoisotopic (exact) mass is 456 g/mol. The maximum absolute atomic E-state index is 12.3. The van der Waals surface area contributed by atoms with Crippen LogP contribution in [0.4, 0.5) is 0 Å². The van der Waals surface area contributed by atoms with Gasteiger partial charge in [0.2, 0.25) is 5.91 Å². The molecular formula is C28H44N2O3. The highest BCUT2D eigenvalue weighted by atomic mass is 16.2. The number of nitrogens with zero attached hydrogens (tertiary/aromatic N) is 1. The van der Waals surface area contributed by atoms with E-state index < -0.39 is 0 Å². The van der Waals surface area contributed by atoms with Gasteiger partial charge in [0.25, 0.3) is 11.8 Å². The van der Waals surface area contributed by atoms with E-state index in [-0.39, 0.29) is 24.3 Å². The lowest BCUT2D eigenvalue weighted by molar-refractivity contribution is -0.121. The topological polar surface area (TPSA) is 66.5 Å². The molecule has 5 heteroatoms. The smallest absolute Gasteiger partial charge is 0.262 e. The van der Waals surface area contributed by atoms with Crippen molar-refractivity contribution in [1.29, 1.82) is 0 Å². The van der Waals surface area contributed by atoms with Gasteiger partial charge in [0.15, 0.2) is 0 Å². The van der Waals surface area contributed by atoms with Crippen molar-refractivity contribution < 1.29 is 14.4 Å². The molecule has 33 heavy (non-hydrogen) atoms. The fraction of sp³-hybridized carbons (Fsp3) is 0.679. The molecule has 0 aromatic heterocycles. The Hall–Kier alpha value is -2.17. The number of imide groups is 1. The van der Waals surface area contributed by atoms with E-state index in [2.05, 4.69) is 12.2 Å². The number of benzene rings is 1. The molecule has 0 atom stereocenters. The third-order valence-corrected chi connectivity index (χ3v) is 6.53. The van der Waals surface area contributed by atoms with Gasteiger partial charge >= 0.3 is 0 Å². The summed E-state index contributed by atoms with van der Waals surface area (Å²) in [5.41, 5.74) is 0.765. The fourth-order valence-corrected chi connectivity index (χ4v) is 4.48. The summed E-state index contributed by atoms with van der Waals surface area (Å²) < 4.78 is 0. The van der Waals surface area contributed by atoms with Crippen LogP contribution < -0.4 is 5.32 Å². The summed E-state index contributed by atoms with van der Waals surface area (Å²) in [5.74, 6) is -1.04. The first kappa shape index (κ1) is 27.1. The van der Waals surface area contributed by atoms with Crippen LogP contribution in [0.3, 0.4) is 0 Å². The van der Waals surface area contributed by atoms with Crippen LogP contribution in [-0.2, 0) is 4.79 Å². The van der Waals surface area contributed by atoms with Crippen LogP contribution in [0.1, 0.15) is 130 Å². The minimum absolute atomic E-state index is 0.203. The van der Waals surface area contributed by atoms with Crippen molar-refractivity contribution in [1.82, 2.24) is 10.2 Å². The molecule has 1 aromatic carbocycles. The van der Waals surface area contributed by atoms with Gasteiger partial charge in [0.1, 0.15) is 6.54 Å². The van der Waals surface area contributed by atoms with Crippen molar-refractivity contribution in [2.45, 2.75) is 110 Å². The van der Waals surface area contributed by atoms with Crippen molar-refractivity contribution in [2.75, 3.05) is 13.1 Å². The minimum atomic E-state index is -0.381. The Morgan fingerprint density at radius 1 is 0.667 bits per heavy atom. The number of hydrogen-bond donors (Lipinski definition) is 1. The average molecular weight is 457 g/mol. The predicted molar refractivity (Wildman–Crippen MR) is 134 cm³/mol. The number of rotatable bonds is 19. The summed E-state index contributed by atoms with van der Waals surface area (Å²) >= 11 is 0. The van der Waals surface area contributed by atoms with Crippen molar-refractivity contribution in [3.8, 4) is 0 Å². The second-order valence-corrected chi connectivity index (χ2v) is 9.40. The van der Waals surface area contributed by atoms with E-state index in [1.54, 1.807) is 24.3 Å². The first-order chi connectivity index (χ1) is 16.1. The molecule has 3 amide bonds. The van der Waals surface area contributed by atoms with Crippen molar-refractivity contribution in [3.63, 3.8) is 0 Å². The first-order valence-electron chi connectivity index (χ1n) is 13.4. The van der Waals surface area contributed by atoms with Crippen LogP contribution >= 0.6 is 0 Å². The fourth-order valence-electron chi connectivity index (χ4n) is 4.48. The Morgan fingerprint density at radius 2 is 1.06 bits per heavy atom. The maximum Gasteiger partial charge on any atom is 0.262 e. The molecule has 2 rings (SSSR count). The minimum Gasteiger partial charge on any atom is -0.355 e. The number of amides is 3. The van der Waals surface area contributed by atoms with Gasteiger partial charge in [-0.25, -0.2) is 0 Å². The molecule has 1 heterocycles. The summed E-state index contributed by atoms with van der Waals surface area (Å²) in [6.45, 7) is 2.66. The lowest BCUT2D eigenvalue weighted by Gasteiger charge is -2.13. The summed E-state index contributed by atoms with van der Waals surface area (Å²) in [4.78, 5) is 37.8. The van der Waals surface area contributed by atoms with E-state index in [9.17, 15) is 14.4 Å². The van der Waals surface area contributed by atoms with E-state index in [0.29, 0.717) is 17.7 Å². The van der Waals surface area contributed by atoms with E-state index in [1.165, 1.54) is 89.9 Å². The zero-order valence-corrected chi connectivity index (χ0v) is 20.7. The Kier molecular flexibility index (Phi) is 13.5. The largest absolute Gasteiger partial charge is 0.355 e.